The van der Waals surface area contributed by atoms with E-state index in [0.29, 0.717) is 29.9 Å². The number of rotatable bonds is 6. The summed E-state index contributed by atoms with van der Waals surface area (Å²) in [7, 11) is 1.53. The third-order valence-corrected chi connectivity index (χ3v) is 3.58. The van der Waals surface area contributed by atoms with Gasteiger partial charge >= 0.3 is 6.36 Å². The smallest absolute Gasteiger partial charge is 0.406 e. The number of hydrogen-bond acceptors (Lipinski definition) is 5. The van der Waals surface area contributed by atoms with Gasteiger partial charge in [-0.25, -0.2) is 0 Å². The van der Waals surface area contributed by atoms with Crippen LogP contribution in [0.5, 0.6) is 5.75 Å². The Morgan fingerprint density at radius 3 is 2.78 bits per heavy atom. The quantitative estimate of drug-likeness (QED) is 0.666. The van der Waals surface area contributed by atoms with Crippen LogP contribution in [0.25, 0.3) is 17.0 Å². The molecule has 1 N–H and O–H groups in total. The lowest BCUT2D eigenvalue weighted by Crippen LogP contribution is -2.27. The number of nitrogens with one attached hydrogen (secondary N) is 1. The van der Waals surface area contributed by atoms with Gasteiger partial charge < -0.3 is 14.8 Å². The van der Waals surface area contributed by atoms with E-state index >= 15 is 0 Å². The minimum absolute atomic E-state index is 0.282. The van der Waals surface area contributed by atoms with E-state index in [-0.39, 0.29) is 17.5 Å². The maximum atomic E-state index is 12.4. The summed E-state index contributed by atoms with van der Waals surface area (Å²) in [4.78, 5) is 12.2. The normalized spacial score (nSPS) is 11.6. The van der Waals surface area contributed by atoms with Crippen LogP contribution in [-0.4, -0.2) is 47.1 Å². The van der Waals surface area contributed by atoms with E-state index in [1.54, 1.807) is 18.2 Å². The summed E-state index contributed by atoms with van der Waals surface area (Å²) in [5, 5.41) is 10.7. The Kier molecular flexibility index (Phi) is 5.26. The van der Waals surface area contributed by atoms with Gasteiger partial charge in [-0.15, -0.1) is 23.4 Å². The SMILES string of the molecule is COCCNC(=O)c1ccc2nnc(-c3cccc(OC(F)(F)F)c3)n2c1. The second-order valence-electron chi connectivity index (χ2n) is 5.49. The topological polar surface area (TPSA) is 77.8 Å². The van der Waals surface area contributed by atoms with E-state index in [1.165, 1.54) is 35.9 Å². The summed E-state index contributed by atoms with van der Waals surface area (Å²) in [6, 6.07) is 8.56. The fraction of sp³-hybridized carbons (Fsp3) is 0.235. The maximum Gasteiger partial charge on any atom is 0.573 e. The number of aromatic nitrogens is 3. The van der Waals surface area contributed by atoms with Gasteiger partial charge in [-0.05, 0) is 24.3 Å². The average Bonchev–Trinajstić information content (AvgIpc) is 3.03. The van der Waals surface area contributed by atoms with Crippen molar-refractivity contribution in [1.82, 2.24) is 19.9 Å². The number of methoxy groups -OCH3 is 1. The molecule has 0 unspecified atom stereocenters. The molecular formula is C17H15F3N4O3. The number of carbonyl (C=O) groups excluding carboxylic acids is 1. The number of benzene rings is 1. The van der Waals surface area contributed by atoms with E-state index in [9.17, 15) is 18.0 Å². The molecule has 7 nitrogen and oxygen atoms in total. The Balaban J connectivity index is 1.92. The van der Waals surface area contributed by atoms with Crippen molar-refractivity contribution in [2.75, 3.05) is 20.3 Å². The molecule has 2 aromatic heterocycles. The molecule has 27 heavy (non-hydrogen) atoms. The first-order valence-corrected chi connectivity index (χ1v) is 7.85. The highest BCUT2D eigenvalue weighted by Crippen LogP contribution is 2.27. The number of pyridine rings is 1. The number of carbonyl (C=O) groups is 1. The molecule has 0 saturated carbocycles. The van der Waals surface area contributed by atoms with Crippen LogP contribution < -0.4 is 10.1 Å². The molecule has 1 amide bonds. The molecule has 0 aliphatic carbocycles. The van der Waals surface area contributed by atoms with Crippen LogP contribution in [0.2, 0.25) is 0 Å². The summed E-state index contributed by atoms with van der Waals surface area (Å²) in [6.07, 6.45) is -3.27. The Morgan fingerprint density at radius 1 is 1.22 bits per heavy atom. The van der Waals surface area contributed by atoms with Crippen molar-refractivity contribution in [2.45, 2.75) is 6.36 Å². The van der Waals surface area contributed by atoms with E-state index < -0.39 is 6.36 Å². The zero-order valence-corrected chi connectivity index (χ0v) is 14.2. The van der Waals surface area contributed by atoms with Crippen LogP contribution in [0.3, 0.4) is 0 Å². The van der Waals surface area contributed by atoms with Gasteiger partial charge in [-0.3, -0.25) is 9.20 Å². The van der Waals surface area contributed by atoms with Crippen LogP contribution in [-0.2, 0) is 4.74 Å². The Bertz CT molecular complexity index is 956. The second-order valence-corrected chi connectivity index (χ2v) is 5.49. The Hall–Kier alpha value is -3.14. The first-order valence-electron chi connectivity index (χ1n) is 7.85. The number of nitrogens with zero attached hydrogens (tertiary/aromatic N) is 3. The Morgan fingerprint density at radius 2 is 2.04 bits per heavy atom. The molecule has 1 aromatic carbocycles. The average molecular weight is 380 g/mol. The van der Waals surface area contributed by atoms with Gasteiger partial charge in [0.1, 0.15) is 5.75 Å². The van der Waals surface area contributed by atoms with Crippen molar-refractivity contribution in [3.8, 4) is 17.1 Å². The zero-order valence-electron chi connectivity index (χ0n) is 14.2. The maximum absolute atomic E-state index is 12.4. The molecule has 10 heteroatoms. The van der Waals surface area contributed by atoms with Gasteiger partial charge in [0.25, 0.3) is 5.91 Å². The van der Waals surface area contributed by atoms with Crippen molar-refractivity contribution in [2.24, 2.45) is 0 Å². The summed E-state index contributed by atoms with van der Waals surface area (Å²) in [5.41, 5.74) is 1.16. The molecule has 3 rings (SSSR count). The molecule has 0 fully saturated rings. The summed E-state index contributed by atoms with van der Waals surface area (Å²) < 4.78 is 47.6. The molecular weight excluding hydrogens is 365 g/mol. The summed E-state index contributed by atoms with van der Waals surface area (Å²) >= 11 is 0. The lowest BCUT2D eigenvalue weighted by atomic mass is 10.2. The number of alkyl halides is 3. The highest BCUT2D eigenvalue weighted by Gasteiger charge is 2.31. The predicted molar refractivity (Wildman–Crippen MR) is 89.3 cm³/mol. The molecule has 0 atom stereocenters. The standard InChI is InChI=1S/C17H15F3N4O3/c1-26-8-7-21-16(25)12-5-6-14-22-23-15(24(14)10-12)11-3-2-4-13(9-11)27-17(18,19)20/h2-6,9-10H,7-8H2,1H3,(H,21,25). The molecule has 142 valence electrons. The molecule has 3 aromatic rings. The lowest BCUT2D eigenvalue weighted by molar-refractivity contribution is -0.274. The zero-order chi connectivity index (χ0) is 19.4. The first kappa shape index (κ1) is 18.6. The summed E-state index contributed by atoms with van der Waals surface area (Å²) in [5.74, 6) is -0.405. The van der Waals surface area contributed by atoms with E-state index in [1.807, 2.05) is 0 Å². The number of amides is 1. The van der Waals surface area contributed by atoms with Crippen LogP contribution in [0.15, 0.2) is 42.6 Å². The third-order valence-electron chi connectivity index (χ3n) is 3.58. The monoisotopic (exact) mass is 380 g/mol. The highest BCUT2D eigenvalue weighted by molar-refractivity contribution is 5.94. The summed E-state index contributed by atoms with van der Waals surface area (Å²) in [6.45, 7) is 0.719. The minimum atomic E-state index is -4.79. The fourth-order valence-electron chi connectivity index (χ4n) is 2.42. The van der Waals surface area contributed by atoms with Crippen LogP contribution in [0.4, 0.5) is 13.2 Å². The first-order chi connectivity index (χ1) is 12.9. The van der Waals surface area contributed by atoms with Gasteiger partial charge in [0, 0.05) is 25.4 Å². The number of ether oxygens (including phenoxy) is 2. The van der Waals surface area contributed by atoms with Crippen molar-refractivity contribution in [3.05, 3.63) is 48.2 Å². The second kappa shape index (κ2) is 7.62. The van der Waals surface area contributed by atoms with E-state index in [2.05, 4.69) is 20.3 Å². The van der Waals surface area contributed by atoms with E-state index in [0.717, 1.165) is 0 Å². The van der Waals surface area contributed by atoms with Gasteiger partial charge in [-0.1, -0.05) is 12.1 Å². The predicted octanol–water partition coefficient (Wildman–Crippen LogP) is 2.67. The fourth-order valence-corrected chi connectivity index (χ4v) is 2.42. The molecule has 2 heterocycles. The lowest BCUT2D eigenvalue weighted by Gasteiger charge is -2.10. The highest BCUT2D eigenvalue weighted by atomic mass is 19.4. The van der Waals surface area contributed by atoms with Crippen molar-refractivity contribution in [1.29, 1.82) is 0 Å². The van der Waals surface area contributed by atoms with Crippen LogP contribution >= 0.6 is 0 Å². The van der Waals surface area contributed by atoms with Crippen LogP contribution in [0.1, 0.15) is 10.4 Å². The largest absolute Gasteiger partial charge is 0.573 e. The molecule has 0 bridgehead atoms. The molecule has 0 spiro atoms. The van der Waals surface area contributed by atoms with E-state index in [4.69, 9.17) is 4.74 Å². The van der Waals surface area contributed by atoms with Gasteiger partial charge in [0.2, 0.25) is 0 Å². The van der Waals surface area contributed by atoms with Crippen molar-refractivity contribution in [3.63, 3.8) is 0 Å². The van der Waals surface area contributed by atoms with Gasteiger partial charge in [0.05, 0.1) is 12.2 Å². The third kappa shape index (κ3) is 4.53. The number of halogens is 3. The van der Waals surface area contributed by atoms with Gasteiger partial charge in [0.15, 0.2) is 11.5 Å². The molecule has 0 radical (unpaired) electrons. The minimum Gasteiger partial charge on any atom is -0.406 e. The van der Waals surface area contributed by atoms with Crippen LogP contribution in [0, 0.1) is 0 Å². The number of fused-ring (bicyclic) bond motifs is 1. The molecule has 0 aliphatic rings. The van der Waals surface area contributed by atoms with Crippen molar-refractivity contribution >= 4 is 11.6 Å². The Labute approximate surface area is 151 Å². The molecule has 0 saturated heterocycles. The van der Waals surface area contributed by atoms with Gasteiger partial charge in [-0.2, -0.15) is 0 Å². The van der Waals surface area contributed by atoms with Crippen molar-refractivity contribution < 1.29 is 27.4 Å². The molecule has 0 aliphatic heterocycles. The number of hydrogen-bond donors (Lipinski definition) is 1.